The first kappa shape index (κ1) is 13.8. The molecule has 2 N–H and O–H groups in total. The Hall–Kier alpha value is -0.580. The van der Waals surface area contributed by atoms with Gasteiger partial charge in [-0.15, -0.1) is 0 Å². The summed E-state index contributed by atoms with van der Waals surface area (Å²) in [5, 5.41) is 0. The topological polar surface area (TPSA) is 38.5 Å². The molecule has 1 aromatic carbocycles. The second kappa shape index (κ2) is 6.04. The van der Waals surface area contributed by atoms with Crippen LogP contribution in [0.2, 0.25) is 0 Å². The van der Waals surface area contributed by atoms with E-state index < -0.39 is 0 Å². The molecule has 0 saturated carbocycles. The van der Waals surface area contributed by atoms with Crippen LogP contribution in [0, 0.1) is 0 Å². The lowest BCUT2D eigenvalue weighted by Crippen LogP contribution is -2.45. The zero-order valence-corrected chi connectivity index (χ0v) is 12.6. The van der Waals surface area contributed by atoms with Crippen LogP contribution in [0.3, 0.4) is 0 Å². The van der Waals surface area contributed by atoms with Gasteiger partial charge in [0.05, 0.1) is 17.9 Å². The number of nitrogens with zero attached hydrogens (tertiary/aromatic N) is 1. The molecule has 0 bridgehead atoms. The van der Waals surface area contributed by atoms with E-state index in [4.69, 9.17) is 10.5 Å². The highest BCUT2D eigenvalue weighted by atomic mass is 79.9. The normalized spacial score (nSPS) is 24.3. The Balaban J connectivity index is 2.17. The number of rotatable bonds is 3. The van der Waals surface area contributed by atoms with Crippen molar-refractivity contribution in [1.82, 2.24) is 0 Å². The summed E-state index contributed by atoms with van der Waals surface area (Å²) in [5.74, 6) is 0. The molecule has 1 aromatic rings. The van der Waals surface area contributed by atoms with E-state index in [9.17, 15) is 0 Å². The van der Waals surface area contributed by atoms with Crippen molar-refractivity contribution in [2.24, 2.45) is 5.73 Å². The predicted octanol–water partition coefficient (Wildman–Crippen LogP) is 2.56. The molecule has 0 unspecified atom stereocenters. The fourth-order valence-corrected chi connectivity index (χ4v) is 3.18. The average Bonchev–Trinajstić information content (AvgIpc) is 2.28. The van der Waals surface area contributed by atoms with Gasteiger partial charge < -0.3 is 15.4 Å². The fraction of sp³-hybridized carbons (Fsp3) is 0.571. The Kier molecular flexibility index (Phi) is 4.65. The molecule has 3 nitrogen and oxygen atoms in total. The molecule has 0 amide bonds. The van der Waals surface area contributed by atoms with E-state index in [1.54, 1.807) is 0 Å². The zero-order valence-electron chi connectivity index (χ0n) is 11.0. The van der Waals surface area contributed by atoms with E-state index in [1.165, 1.54) is 11.3 Å². The molecule has 4 heteroatoms. The predicted molar refractivity (Wildman–Crippen MR) is 79.1 cm³/mol. The molecule has 1 saturated heterocycles. The Morgan fingerprint density at radius 1 is 1.33 bits per heavy atom. The molecule has 1 aliphatic rings. The van der Waals surface area contributed by atoms with Crippen LogP contribution in [-0.2, 0) is 11.2 Å². The smallest absolute Gasteiger partial charge is 0.0726 e. The van der Waals surface area contributed by atoms with Gasteiger partial charge in [-0.3, -0.25) is 0 Å². The third-order valence-corrected chi connectivity index (χ3v) is 3.84. The molecular formula is C14H21BrN2O. The number of morpholine rings is 1. The van der Waals surface area contributed by atoms with E-state index in [1.807, 2.05) is 0 Å². The summed E-state index contributed by atoms with van der Waals surface area (Å²) < 4.78 is 6.91. The SMILES string of the molecule is C[C@@H]1CN(c2ccc(CCN)cc2Br)C[C@H](C)O1. The molecule has 18 heavy (non-hydrogen) atoms. The Morgan fingerprint density at radius 2 is 2.00 bits per heavy atom. The molecule has 1 aliphatic heterocycles. The third-order valence-electron chi connectivity index (χ3n) is 3.21. The molecule has 1 heterocycles. The van der Waals surface area contributed by atoms with Gasteiger partial charge in [0, 0.05) is 17.6 Å². The molecule has 1 fully saturated rings. The molecular weight excluding hydrogens is 292 g/mol. The van der Waals surface area contributed by atoms with Crippen molar-refractivity contribution in [3.05, 3.63) is 28.2 Å². The first-order valence-electron chi connectivity index (χ1n) is 6.49. The number of anilines is 1. The molecule has 0 radical (unpaired) electrons. The minimum atomic E-state index is 0.282. The molecule has 0 aromatic heterocycles. The van der Waals surface area contributed by atoms with E-state index >= 15 is 0 Å². The number of hydrogen-bond donors (Lipinski definition) is 1. The van der Waals surface area contributed by atoms with E-state index in [2.05, 4.69) is 52.9 Å². The average molecular weight is 313 g/mol. The summed E-state index contributed by atoms with van der Waals surface area (Å²) in [6.07, 6.45) is 1.49. The Labute approximate surface area is 117 Å². The highest BCUT2D eigenvalue weighted by molar-refractivity contribution is 9.10. The van der Waals surface area contributed by atoms with Crippen LogP contribution < -0.4 is 10.6 Å². The lowest BCUT2D eigenvalue weighted by molar-refractivity contribution is -0.00525. The summed E-state index contributed by atoms with van der Waals surface area (Å²) in [6, 6.07) is 6.52. The first-order chi connectivity index (χ1) is 8.60. The van der Waals surface area contributed by atoms with Crippen molar-refractivity contribution < 1.29 is 4.74 Å². The van der Waals surface area contributed by atoms with Gasteiger partial charge in [-0.25, -0.2) is 0 Å². The van der Waals surface area contributed by atoms with E-state index in [-0.39, 0.29) is 12.2 Å². The summed E-state index contributed by atoms with van der Waals surface area (Å²) in [5.41, 5.74) is 8.11. The van der Waals surface area contributed by atoms with Crippen molar-refractivity contribution in [3.8, 4) is 0 Å². The fourth-order valence-electron chi connectivity index (χ4n) is 2.50. The van der Waals surface area contributed by atoms with Crippen LogP contribution in [0.25, 0.3) is 0 Å². The van der Waals surface area contributed by atoms with Gasteiger partial charge in [-0.05, 0) is 60.4 Å². The van der Waals surface area contributed by atoms with Crippen LogP contribution >= 0.6 is 15.9 Å². The standard InChI is InChI=1S/C14H21BrN2O/c1-10-8-17(9-11(2)18-10)14-4-3-12(5-6-16)7-13(14)15/h3-4,7,10-11H,5-6,8-9,16H2,1-2H3/t10-,11+. The van der Waals surface area contributed by atoms with Crippen molar-refractivity contribution >= 4 is 21.6 Å². The maximum atomic E-state index is 5.77. The highest BCUT2D eigenvalue weighted by Gasteiger charge is 2.23. The number of ether oxygens (including phenoxy) is 1. The third kappa shape index (κ3) is 3.25. The van der Waals surface area contributed by atoms with Crippen LogP contribution in [0.4, 0.5) is 5.69 Å². The van der Waals surface area contributed by atoms with Crippen LogP contribution in [0.1, 0.15) is 19.4 Å². The van der Waals surface area contributed by atoms with Crippen LogP contribution in [0.5, 0.6) is 0 Å². The molecule has 100 valence electrons. The Morgan fingerprint density at radius 3 is 2.56 bits per heavy atom. The maximum absolute atomic E-state index is 5.77. The zero-order chi connectivity index (χ0) is 13.1. The van der Waals surface area contributed by atoms with Crippen molar-refractivity contribution in [2.75, 3.05) is 24.5 Å². The molecule has 2 atom stereocenters. The van der Waals surface area contributed by atoms with Gasteiger partial charge in [0.25, 0.3) is 0 Å². The van der Waals surface area contributed by atoms with Crippen molar-refractivity contribution in [2.45, 2.75) is 32.5 Å². The monoisotopic (exact) mass is 312 g/mol. The lowest BCUT2D eigenvalue weighted by atomic mass is 10.1. The lowest BCUT2D eigenvalue weighted by Gasteiger charge is -2.37. The van der Waals surface area contributed by atoms with Gasteiger partial charge in [0.2, 0.25) is 0 Å². The second-order valence-electron chi connectivity index (χ2n) is 4.99. The molecule has 2 rings (SSSR count). The van der Waals surface area contributed by atoms with E-state index in [0.29, 0.717) is 6.54 Å². The minimum Gasteiger partial charge on any atom is -0.372 e. The summed E-state index contributed by atoms with van der Waals surface area (Å²) in [4.78, 5) is 2.38. The van der Waals surface area contributed by atoms with Crippen molar-refractivity contribution in [3.63, 3.8) is 0 Å². The Bertz CT molecular complexity index is 401. The van der Waals surface area contributed by atoms with Gasteiger partial charge >= 0.3 is 0 Å². The van der Waals surface area contributed by atoms with Gasteiger partial charge in [0.1, 0.15) is 0 Å². The summed E-state index contributed by atoms with van der Waals surface area (Å²) in [6.45, 7) is 6.83. The first-order valence-corrected chi connectivity index (χ1v) is 7.28. The second-order valence-corrected chi connectivity index (χ2v) is 5.84. The number of hydrogen-bond acceptors (Lipinski definition) is 3. The number of halogens is 1. The number of benzene rings is 1. The van der Waals surface area contributed by atoms with Crippen LogP contribution in [-0.4, -0.2) is 31.8 Å². The van der Waals surface area contributed by atoms with E-state index in [0.717, 1.165) is 24.0 Å². The van der Waals surface area contributed by atoms with Gasteiger partial charge in [-0.2, -0.15) is 0 Å². The molecule has 0 aliphatic carbocycles. The summed E-state index contributed by atoms with van der Waals surface area (Å²) in [7, 11) is 0. The summed E-state index contributed by atoms with van der Waals surface area (Å²) >= 11 is 3.67. The molecule has 0 spiro atoms. The highest BCUT2D eigenvalue weighted by Crippen LogP contribution is 2.29. The minimum absolute atomic E-state index is 0.282. The number of nitrogens with two attached hydrogens (primary N) is 1. The van der Waals surface area contributed by atoms with Crippen LogP contribution in [0.15, 0.2) is 22.7 Å². The van der Waals surface area contributed by atoms with Gasteiger partial charge in [-0.1, -0.05) is 6.07 Å². The maximum Gasteiger partial charge on any atom is 0.0726 e. The van der Waals surface area contributed by atoms with Crippen molar-refractivity contribution in [1.29, 1.82) is 0 Å². The quantitative estimate of drug-likeness (QED) is 0.932. The van der Waals surface area contributed by atoms with Gasteiger partial charge in [0.15, 0.2) is 0 Å². The largest absolute Gasteiger partial charge is 0.372 e.